The van der Waals surface area contributed by atoms with Crippen molar-refractivity contribution in [3.8, 4) is 0 Å². The number of hydrogen-bond acceptors (Lipinski definition) is 0. The second-order valence-electron chi connectivity index (χ2n) is 0.818. The average molecular weight is 127 g/mol. The summed E-state index contributed by atoms with van der Waals surface area (Å²) in [6.45, 7) is 2.77. The molecule has 0 aliphatic heterocycles. The van der Waals surface area contributed by atoms with Gasteiger partial charge in [-0.15, -0.1) is 0 Å². The summed E-state index contributed by atoms with van der Waals surface area (Å²) in [5.41, 5.74) is 1.66. The molecule has 0 fully saturated rings. The SMILES string of the molecule is C=C=C[P+](F)(F)F. The first-order valence-corrected chi connectivity index (χ1v) is 2.94. The van der Waals surface area contributed by atoms with E-state index < -0.39 is 8.19 Å². The molecule has 0 aromatic carbocycles. The molecule has 0 N–H and O–H groups in total. The van der Waals surface area contributed by atoms with Crippen LogP contribution in [0.25, 0.3) is 0 Å². The minimum Gasteiger partial charge on any atom is -0.0817 e. The van der Waals surface area contributed by atoms with Gasteiger partial charge in [-0.2, -0.15) is 0 Å². The van der Waals surface area contributed by atoms with Gasteiger partial charge in [-0.3, -0.25) is 0 Å². The molecule has 7 heavy (non-hydrogen) atoms. The Bertz CT molecular complexity index is 97.2. The molecule has 0 bridgehead atoms. The Morgan fingerprint density at radius 1 is 1.43 bits per heavy atom. The lowest BCUT2D eigenvalue weighted by atomic mass is 11.0. The Balaban J connectivity index is 3.80. The Kier molecular flexibility index (Phi) is 2.07. The van der Waals surface area contributed by atoms with Crippen LogP contribution in [-0.2, 0) is 0 Å². The van der Waals surface area contributed by atoms with E-state index in [9.17, 15) is 12.6 Å². The molecule has 0 heterocycles. The first-order valence-electron chi connectivity index (χ1n) is 1.41. The Morgan fingerprint density at radius 3 is 1.86 bits per heavy atom. The normalized spacial score (nSPS) is 10.1. The Morgan fingerprint density at radius 2 is 1.86 bits per heavy atom. The highest BCUT2D eigenvalue weighted by molar-refractivity contribution is 7.63. The van der Waals surface area contributed by atoms with Gasteiger partial charge in [-0.05, 0) is 0 Å². The van der Waals surface area contributed by atoms with E-state index in [0.717, 1.165) is 0 Å². The lowest BCUT2D eigenvalue weighted by Crippen LogP contribution is -1.49. The minimum absolute atomic E-state index is 0.0625. The third kappa shape index (κ3) is 5.74. The molecule has 0 aromatic heterocycles. The van der Waals surface area contributed by atoms with Gasteiger partial charge >= 0.3 is 8.19 Å². The first-order chi connectivity index (χ1) is 3.06. The highest BCUT2D eigenvalue weighted by Gasteiger charge is 2.39. The van der Waals surface area contributed by atoms with Crippen LogP contribution in [0.1, 0.15) is 0 Å². The summed E-state index contributed by atoms with van der Waals surface area (Å²) in [6, 6.07) is 0. The standard InChI is InChI=1S/C3H3F3P/c1-2-3-7(4,5)6/h3H,1H2/q+1. The average Bonchev–Trinajstić information content (AvgIpc) is 1.30. The maximum atomic E-state index is 11.0. The fourth-order valence-electron chi connectivity index (χ4n) is 0.104. The minimum atomic E-state index is -5.21. The van der Waals surface area contributed by atoms with Crippen molar-refractivity contribution in [3.63, 3.8) is 0 Å². The molecular formula is C3H3F3P+. The van der Waals surface area contributed by atoms with Crippen LogP contribution in [0, 0.1) is 0 Å². The highest BCUT2D eigenvalue weighted by Crippen LogP contribution is 2.65. The molecule has 0 amide bonds. The third-order valence-electron chi connectivity index (χ3n) is 0.238. The number of rotatable bonds is 1. The molecule has 0 atom stereocenters. The molecule has 0 saturated carbocycles. The van der Waals surface area contributed by atoms with E-state index in [2.05, 4.69) is 6.58 Å². The molecule has 0 radical (unpaired) electrons. The molecule has 0 aliphatic carbocycles. The van der Waals surface area contributed by atoms with Crippen molar-refractivity contribution < 1.29 is 12.6 Å². The topological polar surface area (TPSA) is 0 Å². The van der Waals surface area contributed by atoms with Crippen molar-refractivity contribution in [2.75, 3.05) is 0 Å². The van der Waals surface area contributed by atoms with Crippen molar-refractivity contribution in [2.45, 2.75) is 0 Å². The lowest BCUT2D eigenvalue weighted by molar-refractivity contribution is 0.606. The first kappa shape index (κ1) is 6.74. The summed E-state index contributed by atoms with van der Waals surface area (Å²) in [4.78, 5) is 0. The van der Waals surface area contributed by atoms with E-state index in [0.29, 0.717) is 0 Å². The van der Waals surface area contributed by atoms with Gasteiger partial charge in [0.1, 0.15) is 0 Å². The van der Waals surface area contributed by atoms with Crippen LogP contribution in [0.2, 0.25) is 0 Å². The molecule has 0 aromatic rings. The van der Waals surface area contributed by atoms with Crippen LogP contribution >= 0.6 is 8.19 Å². The Hall–Kier alpha value is -0.260. The predicted octanol–water partition coefficient (Wildman–Crippen LogP) is 2.96. The summed E-state index contributed by atoms with van der Waals surface area (Å²) < 4.78 is 33.0. The molecule has 0 aliphatic rings. The fourth-order valence-corrected chi connectivity index (χ4v) is 0.311. The maximum absolute atomic E-state index is 11.0. The van der Waals surface area contributed by atoms with Gasteiger partial charge in [0.25, 0.3) is 0 Å². The summed E-state index contributed by atoms with van der Waals surface area (Å²) in [6.07, 6.45) is 0. The summed E-state index contributed by atoms with van der Waals surface area (Å²) in [5, 5.41) is 0. The van der Waals surface area contributed by atoms with Crippen molar-refractivity contribution >= 4 is 8.19 Å². The molecule has 0 spiro atoms. The van der Waals surface area contributed by atoms with Gasteiger partial charge in [-0.25, -0.2) is 0 Å². The molecule has 0 rings (SSSR count). The van der Waals surface area contributed by atoms with Gasteiger partial charge in [0, 0.05) is 12.6 Å². The van der Waals surface area contributed by atoms with Crippen molar-refractivity contribution in [3.05, 3.63) is 18.1 Å². The zero-order chi connectivity index (χ0) is 5.91. The van der Waals surface area contributed by atoms with Gasteiger partial charge in [0.2, 0.25) is 5.82 Å². The fraction of sp³-hybridized carbons (Fsp3) is 0. The van der Waals surface area contributed by atoms with Gasteiger partial charge < -0.3 is 0 Å². The van der Waals surface area contributed by atoms with E-state index in [4.69, 9.17) is 0 Å². The quantitative estimate of drug-likeness (QED) is 0.375. The summed E-state index contributed by atoms with van der Waals surface area (Å²) in [7, 11) is -5.21. The van der Waals surface area contributed by atoms with E-state index >= 15 is 0 Å². The number of hydrogen-bond donors (Lipinski definition) is 0. The molecular weight excluding hydrogens is 124 g/mol. The third-order valence-corrected chi connectivity index (χ3v) is 0.713. The van der Waals surface area contributed by atoms with Crippen molar-refractivity contribution in [1.82, 2.24) is 0 Å². The van der Waals surface area contributed by atoms with Crippen LogP contribution in [0.3, 0.4) is 0 Å². The van der Waals surface area contributed by atoms with Gasteiger partial charge in [-0.1, -0.05) is 12.3 Å². The van der Waals surface area contributed by atoms with E-state index in [1.807, 2.05) is 0 Å². The number of halogens is 3. The van der Waals surface area contributed by atoms with Crippen LogP contribution in [0.4, 0.5) is 12.6 Å². The van der Waals surface area contributed by atoms with E-state index in [1.165, 1.54) is 0 Å². The molecule has 0 nitrogen and oxygen atoms in total. The highest BCUT2D eigenvalue weighted by atomic mass is 31.3. The molecule has 0 unspecified atom stereocenters. The predicted molar refractivity (Wildman–Crippen MR) is 24.0 cm³/mol. The Labute approximate surface area is 40.0 Å². The van der Waals surface area contributed by atoms with Crippen LogP contribution in [0.5, 0.6) is 0 Å². The molecule has 40 valence electrons. The summed E-state index contributed by atoms with van der Waals surface area (Å²) in [5.74, 6) is 0.0625. The monoisotopic (exact) mass is 127 g/mol. The van der Waals surface area contributed by atoms with E-state index in [-0.39, 0.29) is 5.82 Å². The summed E-state index contributed by atoms with van der Waals surface area (Å²) >= 11 is 0. The maximum Gasteiger partial charge on any atom is 0.602 e. The van der Waals surface area contributed by atoms with E-state index in [1.54, 1.807) is 5.73 Å². The molecule has 0 saturated heterocycles. The van der Waals surface area contributed by atoms with Crippen LogP contribution in [-0.4, -0.2) is 0 Å². The zero-order valence-electron chi connectivity index (χ0n) is 3.37. The van der Waals surface area contributed by atoms with Crippen molar-refractivity contribution in [1.29, 1.82) is 0 Å². The van der Waals surface area contributed by atoms with Gasteiger partial charge in [0.15, 0.2) is 0 Å². The van der Waals surface area contributed by atoms with Crippen LogP contribution in [0.15, 0.2) is 18.1 Å². The van der Waals surface area contributed by atoms with Gasteiger partial charge in [0.05, 0.1) is 0 Å². The van der Waals surface area contributed by atoms with Crippen LogP contribution < -0.4 is 0 Å². The largest absolute Gasteiger partial charge is 0.602 e. The second-order valence-corrected chi connectivity index (χ2v) is 2.04. The van der Waals surface area contributed by atoms with Crippen molar-refractivity contribution in [2.24, 2.45) is 0 Å². The second kappa shape index (κ2) is 2.15. The lowest BCUT2D eigenvalue weighted by Gasteiger charge is -1.73. The zero-order valence-corrected chi connectivity index (χ0v) is 4.26. The molecule has 4 heteroatoms. The smallest absolute Gasteiger partial charge is 0.0817 e.